The van der Waals surface area contributed by atoms with Crippen LogP contribution in [0.15, 0.2) is 47.4 Å². The maximum absolute atomic E-state index is 12.5. The van der Waals surface area contributed by atoms with E-state index in [4.69, 9.17) is 10.00 Å². The lowest BCUT2D eigenvalue weighted by Gasteiger charge is -2.12. The fourth-order valence-electron chi connectivity index (χ4n) is 2.49. The minimum Gasteiger partial charge on any atom is -0.495 e. The molecule has 2 aromatic carbocycles. The van der Waals surface area contributed by atoms with Crippen LogP contribution in [0, 0.1) is 11.3 Å². The SMILES string of the molecule is COc1ccc(C(=O)NCc2ccc(C#N)cc2)cc1S(=O)(=O)NC1CC1. The average Bonchev–Trinajstić information content (AvgIpc) is 3.49. The van der Waals surface area contributed by atoms with Gasteiger partial charge in [0.05, 0.1) is 18.7 Å². The number of hydrogen-bond donors (Lipinski definition) is 2. The van der Waals surface area contributed by atoms with E-state index in [1.807, 2.05) is 6.07 Å². The van der Waals surface area contributed by atoms with E-state index in [2.05, 4.69) is 10.0 Å². The molecule has 7 nitrogen and oxygen atoms in total. The summed E-state index contributed by atoms with van der Waals surface area (Å²) in [6.45, 7) is 0.263. The summed E-state index contributed by atoms with van der Waals surface area (Å²) in [5.74, 6) is -0.211. The second-order valence-electron chi connectivity index (χ2n) is 6.25. The molecule has 2 N–H and O–H groups in total. The van der Waals surface area contributed by atoms with E-state index in [1.54, 1.807) is 24.3 Å². The molecule has 1 saturated carbocycles. The highest BCUT2D eigenvalue weighted by Crippen LogP contribution is 2.28. The van der Waals surface area contributed by atoms with Crippen molar-refractivity contribution in [3.63, 3.8) is 0 Å². The first kappa shape index (κ1) is 18.9. The first-order chi connectivity index (χ1) is 12.9. The summed E-state index contributed by atoms with van der Waals surface area (Å²) in [6, 6.07) is 13.1. The van der Waals surface area contributed by atoms with Crippen LogP contribution in [0.1, 0.15) is 34.3 Å². The Bertz CT molecular complexity index is 991. The van der Waals surface area contributed by atoms with E-state index in [1.165, 1.54) is 25.3 Å². The summed E-state index contributed by atoms with van der Waals surface area (Å²) < 4.78 is 32.8. The second-order valence-corrected chi connectivity index (χ2v) is 7.94. The number of amides is 1. The Morgan fingerprint density at radius 3 is 2.52 bits per heavy atom. The zero-order valence-electron chi connectivity index (χ0n) is 14.7. The van der Waals surface area contributed by atoms with Crippen molar-refractivity contribution in [2.75, 3.05) is 7.11 Å². The Hall–Kier alpha value is -2.89. The summed E-state index contributed by atoms with van der Waals surface area (Å²) in [5, 5.41) is 11.5. The highest BCUT2D eigenvalue weighted by Gasteiger charge is 2.30. The van der Waals surface area contributed by atoms with Gasteiger partial charge in [0.1, 0.15) is 10.6 Å². The number of carbonyl (C=O) groups is 1. The number of carbonyl (C=O) groups excluding carboxylic acids is 1. The molecule has 27 heavy (non-hydrogen) atoms. The van der Waals surface area contributed by atoms with Gasteiger partial charge in [-0.2, -0.15) is 5.26 Å². The molecule has 1 fully saturated rings. The number of hydrogen-bond acceptors (Lipinski definition) is 5. The monoisotopic (exact) mass is 385 g/mol. The van der Waals surface area contributed by atoms with Gasteiger partial charge >= 0.3 is 0 Å². The highest BCUT2D eigenvalue weighted by molar-refractivity contribution is 7.89. The molecule has 0 aliphatic heterocycles. The van der Waals surface area contributed by atoms with Crippen LogP contribution in [0.25, 0.3) is 0 Å². The Balaban J connectivity index is 1.76. The predicted molar refractivity (Wildman–Crippen MR) is 98.7 cm³/mol. The summed E-state index contributed by atoms with van der Waals surface area (Å²) in [4.78, 5) is 12.4. The number of ether oxygens (including phenoxy) is 1. The molecule has 0 radical (unpaired) electrons. The molecule has 1 aliphatic carbocycles. The number of sulfonamides is 1. The van der Waals surface area contributed by atoms with Gasteiger partial charge in [-0.05, 0) is 48.7 Å². The molecule has 0 saturated heterocycles. The number of rotatable bonds is 7. The second kappa shape index (κ2) is 7.78. The lowest BCUT2D eigenvalue weighted by atomic mass is 10.1. The number of methoxy groups -OCH3 is 1. The molecule has 0 unspecified atom stereocenters. The van der Waals surface area contributed by atoms with Crippen molar-refractivity contribution in [3.8, 4) is 11.8 Å². The highest BCUT2D eigenvalue weighted by atomic mass is 32.2. The predicted octanol–water partition coefficient (Wildman–Crippen LogP) is 1.94. The summed E-state index contributed by atoms with van der Waals surface area (Å²) >= 11 is 0. The van der Waals surface area contributed by atoms with Gasteiger partial charge in [-0.3, -0.25) is 4.79 Å². The Morgan fingerprint density at radius 2 is 1.93 bits per heavy atom. The van der Waals surface area contributed by atoms with Crippen LogP contribution in [0.5, 0.6) is 5.75 Å². The quantitative estimate of drug-likeness (QED) is 0.757. The van der Waals surface area contributed by atoms with Crippen molar-refractivity contribution in [1.82, 2.24) is 10.0 Å². The van der Waals surface area contributed by atoms with E-state index in [-0.39, 0.29) is 28.8 Å². The lowest BCUT2D eigenvalue weighted by Crippen LogP contribution is -2.27. The summed E-state index contributed by atoms with van der Waals surface area (Å²) in [6.07, 6.45) is 1.62. The third-order valence-electron chi connectivity index (χ3n) is 4.15. The zero-order chi connectivity index (χ0) is 19.4. The van der Waals surface area contributed by atoms with Gasteiger partial charge in [0.15, 0.2) is 0 Å². The van der Waals surface area contributed by atoms with Crippen molar-refractivity contribution in [3.05, 3.63) is 59.2 Å². The molecule has 140 valence electrons. The van der Waals surface area contributed by atoms with Gasteiger partial charge in [-0.15, -0.1) is 0 Å². The molecule has 2 aromatic rings. The lowest BCUT2D eigenvalue weighted by molar-refractivity contribution is 0.0950. The maximum atomic E-state index is 12.5. The molecular formula is C19H19N3O4S. The van der Waals surface area contributed by atoms with Crippen LogP contribution in [0.2, 0.25) is 0 Å². The van der Waals surface area contributed by atoms with Crippen LogP contribution >= 0.6 is 0 Å². The topological polar surface area (TPSA) is 108 Å². The summed E-state index contributed by atoms with van der Waals surface area (Å²) in [5.41, 5.74) is 1.60. The third kappa shape index (κ3) is 4.64. The fourth-order valence-corrected chi connectivity index (χ4v) is 3.99. The molecule has 8 heteroatoms. The molecule has 0 bridgehead atoms. The molecule has 0 heterocycles. The maximum Gasteiger partial charge on any atom is 0.251 e. The molecule has 1 amide bonds. The first-order valence-electron chi connectivity index (χ1n) is 8.40. The van der Waals surface area contributed by atoms with Crippen LogP contribution in [0.4, 0.5) is 0 Å². The van der Waals surface area contributed by atoms with Crippen LogP contribution in [-0.2, 0) is 16.6 Å². The van der Waals surface area contributed by atoms with Crippen molar-refractivity contribution in [2.24, 2.45) is 0 Å². The molecule has 1 aliphatic rings. The Labute approximate surface area is 158 Å². The molecular weight excluding hydrogens is 366 g/mol. The standard InChI is InChI=1S/C19H19N3O4S/c1-26-17-9-6-15(10-18(17)27(24,25)22-16-7-8-16)19(23)21-12-14-4-2-13(11-20)3-5-14/h2-6,9-10,16,22H,7-8,12H2,1H3,(H,21,23). The zero-order valence-corrected chi connectivity index (χ0v) is 15.5. The van der Waals surface area contributed by atoms with Crippen molar-refractivity contribution in [2.45, 2.75) is 30.3 Å². The Morgan fingerprint density at radius 1 is 1.22 bits per heavy atom. The van der Waals surface area contributed by atoms with E-state index >= 15 is 0 Å². The van der Waals surface area contributed by atoms with Crippen LogP contribution in [-0.4, -0.2) is 27.5 Å². The Kier molecular flexibility index (Phi) is 5.44. The molecule has 0 aromatic heterocycles. The fraction of sp³-hybridized carbons (Fsp3) is 0.263. The minimum atomic E-state index is -3.76. The van der Waals surface area contributed by atoms with Crippen molar-refractivity contribution < 1.29 is 17.9 Å². The first-order valence-corrected chi connectivity index (χ1v) is 9.89. The molecule has 3 rings (SSSR count). The van der Waals surface area contributed by atoms with Gasteiger partial charge in [-0.25, -0.2) is 13.1 Å². The van der Waals surface area contributed by atoms with Crippen molar-refractivity contribution in [1.29, 1.82) is 5.26 Å². The van der Waals surface area contributed by atoms with Gasteiger partial charge in [-0.1, -0.05) is 12.1 Å². The van der Waals surface area contributed by atoms with Crippen LogP contribution < -0.4 is 14.8 Å². The number of benzene rings is 2. The van der Waals surface area contributed by atoms with Gasteiger partial charge in [0.2, 0.25) is 10.0 Å². The minimum absolute atomic E-state index is 0.0476. The van der Waals surface area contributed by atoms with Gasteiger partial charge in [0.25, 0.3) is 5.91 Å². The smallest absolute Gasteiger partial charge is 0.251 e. The number of nitriles is 1. The number of nitrogens with one attached hydrogen (secondary N) is 2. The molecule has 0 atom stereocenters. The van der Waals surface area contributed by atoms with E-state index in [9.17, 15) is 13.2 Å². The van der Waals surface area contributed by atoms with Gasteiger partial charge < -0.3 is 10.1 Å². The van der Waals surface area contributed by atoms with E-state index in [0.29, 0.717) is 5.56 Å². The van der Waals surface area contributed by atoms with Crippen LogP contribution in [0.3, 0.4) is 0 Å². The normalized spacial score (nSPS) is 13.6. The summed E-state index contributed by atoms with van der Waals surface area (Å²) in [7, 11) is -2.37. The molecule has 0 spiro atoms. The average molecular weight is 385 g/mol. The van der Waals surface area contributed by atoms with E-state index in [0.717, 1.165) is 18.4 Å². The van der Waals surface area contributed by atoms with Crippen molar-refractivity contribution >= 4 is 15.9 Å². The number of nitrogens with zero attached hydrogens (tertiary/aromatic N) is 1. The largest absolute Gasteiger partial charge is 0.495 e. The van der Waals surface area contributed by atoms with Gasteiger partial charge in [0, 0.05) is 18.2 Å². The third-order valence-corrected chi connectivity index (χ3v) is 5.69. The van der Waals surface area contributed by atoms with E-state index < -0.39 is 15.9 Å².